The molecule has 1 aromatic rings. The second kappa shape index (κ2) is 3.65. The largest absolute Gasteiger partial charge is 0.472 e. The first-order chi connectivity index (χ1) is 5.33. The number of urea groups is 1. The van der Waals surface area contributed by atoms with E-state index in [9.17, 15) is 4.79 Å². The summed E-state index contributed by atoms with van der Waals surface area (Å²) in [6.07, 6.45) is 3.16. The number of furan rings is 1. The molecule has 0 unspecified atom stereocenters. The molecule has 2 N–H and O–H groups in total. The number of nitrogens with one attached hydrogen (secondary N) is 2. The molecule has 11 heavy (non-hydrogen) atoms. The Labute approximate surface area is 64.6 Å². The Balaban J connectivity index is 2.29. The van der Waals surface area contributed by atoms with E-state index in [1.54, 1.807) is 25.6 Å². The van der Waals surface area contributed by atoms with Crippen LogP contribution in [0.25, 0.3) is 0 Å². The third-order valence-electron chi connectivity index (χ3n) is 1.26. The summed E-state index contributed by atoms with van der Waals surface area (Å²) in [5, 5.41) is 5.07. The molecule has 0 bridgehead atoms. The van der Waals surface area contributed by atoms with E-state index in [-0.39, 0.29) is 6.03 Å². The summed E-state index contributed by atoms with van der Waals surface area (Å²) in [5.41, 5.74) is 0.952. The molecular weight excluding hydrogens is 144 g/mol. The molecule has 4 heteroatoms. The van der Waals surface area contributed by atoms with E-state index in [1.165, 1.54) is 0 Å². The van der Waals surface area contributed by atoms with Gasteiger partial charge in [-0.1, -0.05) is 0 Å². The Morgan fingerprint density at radius 2 is 2.55 bits per heavy atom. The maximum Gasteiger partial charge on any atom is 0.314 e. The zero-order chi connectivity index (χ0) is 8.10. The number of amides is 2. The van der Waals surface area contributed by atoms with Crippen LogP contribution in [0.1, 0.15) is 5.56 Å². The number of rotatable bonds is 2. The van der Waals surface area contributed by atoms with Crippen LogP contribution in [0.5, 0.6) is 0 Å². The minimum atomic E-state index is -0.189. The highest BCUT2D eigenvalue weighted by atomic mass is 16.3. The maximum atomic E-state index is 10.7. The van der Waals surface area contributed by atoms with Crippen LogP contribution in [0, 0.1) is 0 Å². The van der Waals surface area contributed by atoms with Crippen molar-refractivity contribution in [3.8, 4) is 0 Å². The predicted octanol–water partition coefficient (Wildman–Crippen LogP) is 0.709. The molecular formula is C7H10N2O2. The zero-order valence-corrected chi connectivity index (χ0v) is 6.26. The van der Waals surface area contributed by atoms with E-state index >= 15 is 0 Å². The first-order valence-corrected chi connectivity index (χ1v) is 3.29. The monoisotopic (exact) mass is 154 g/mol. The highest BCUT2D eigenvalue weighted by molar-refractivity contribution is 5.73. The Hall–Kier alpha value is -1.45. The third kappa shape index (κ3) is 2.33. The number of carbonyl (C=O) groups is 1. The number of hydrogen-bond donors (Lipinski definition) is 2. The first-order valence-electron chi connectivity index (χ1n) is 3.29. The van der Waals surface area contributed by atoms with Crippen molar-refractivity contribution in [3.63, 3.8) is 0 Å². The van der Waals surface area contributed by atoms with Gasteiger partial charge in [0.15, 0.2) is 0 Å². The van der Waals surface area contributed by atoms with Gasteiger partial charge < -0.3 is 15.1 Å². The summed E-state index contributed by atoms with van der Waals surface area (Å²) in [6, 6.07) is 1.61. The topological polar surface area (TPSA) is 54.3 Å². The molecule has 0 aliphatic heterocycles. The van der Waals surface area contributed by atoms with Crippen LogP contribution in [-0.2, 0) is 6.54 Å². The van der Waals surface area contributed by atoms with Crippen molar-refractivity contribution in [2.24, 2.45) is 0 Å². The highest BCUT2D eigenvalue weighted by Gasteiger charge is 1.96. The normalized spacial score (nSPS) is 9.18. The van der Waals surface area contributed by atoms with Gasteiger partial charge in [0.25, 0.3) is 0 Å². The molecule has 0 fully saturated rings. The van der Waals surface area contributed by atoms with Crippen LogP contribution < -0.4 is 10.6 Å². The van der Waals surface area contributed by atoms with Crippen LogP contribution in [0.4, 0.5) is 4.79 Å². The second-order valence-electron chi connectivity index (χ2n) is 2.06. The predicted molar refractivity (Wildman–Crippen MR) is 40.0 cm³/mol. The summed E-state index contributed by atoms with van der Waals surface area (Å²) in [4.78, 5) is 10.7. The zero-order valence-electron chi connectivity index (χ0n) is 6.26. The van der Waals surface area contributed by atoms with Crippen molar-refractivity contribution in [2.45, 2.75) is 6.54 Å². The van der Waals surface area contributed by atoms with E-state index in [2.05, 4.69) is 10.6 Å². The van der Waals surface area contributed by atoms with Crippen molar-refractivity contribution in [1.29, 1.82) is 0 Å². The number of carbonyl (C=O) groups excluding carboxylic acids is 1. The molecule has 0 atom stereocenters. The molecule has 2 amide bonds. The van der Waals surface area contributed by atoms with Gasteiger partial charge in [-0.2, -0.15) is 0 Å². The first kappa shape index (κ1) is 7.65. The van der Waals surface area contributed by atoms with Crippen molar-refractivity contribution in [3.05, 3.63) is 24.2 Å². The van der Waals surface area contributed by atoms with Gasteiger partial charge >= 0.3 is 6.03 Å². The fraction of sp³-hybridized carbons (Fsp3) is 0.286. The van der Waals surface area contributed by atoms with Crippen LogP contribution in [-0.4, -0.2) is 13.1 Å². The quantitative estimate of drug-likeness (QED) is 0.659. The molecule has 1 heterocycles. The Morgan fingerprint density at radius 3 is 3.09 bits per heavy atom. The minimum Gasteiger partial charge on any atom is -0.472 e. The van der Waals surface area contributed by atoms with Crippen molar-refractivity contribution >= 4 is 6.03 Å². The SMILES string of the molecule is CNC(=O)NCc1ccoc1. The standard InChI is InChI=1S/C7H10N2O2/c1-8-7(10)9-4-6-2-3-11-5-6/h2-3,5H,4H2,1H3,(H2,8,9,10). The van der Waals surface area contributed by atoms with E-state index in [4.69, 9.17) is 4.42 Å². The summed E-state index contributed by atoms with van der Waals surface area (Å²) < 4.78 is 4.81. The summed E-state index contributed by atoms with van der Waals surface area (Å²) in [7, 11) is 1.57. The van der Waals surface area contributed by atoms with Crippen molar-refractivity contribution < 1.29 is 9.21 Å². The lowest BCUT2D eigenvalue weighted by Crippen LogP contribution is -2.31. The highest BCUT2D eigenvalue weighted by Crippen LogP contribution is 1.97. The Bertz CT molecular complexity index is 218. The fourth-order valence-corrected chi connectivity index (χ4v) is 0.664. The van der Waals surface area contributed by atoms with Crippen LogP contribution in [0.15, 0.2) is 23.0 Å². The van der Waals surface area contributed by atoms with Gasteiger partial charge in [0.2, 0.25) is 0 Å². The van der Waals surface area contributed by atoms with Gasteiger partial charge in [-0.3, -0.25) is 0 Å². The molecule has 0 aliphatic rings. The molecule has 0 saturated carbocycles. The molecule has 4 nitrogen and oxygen atoms in total. The van der Waals surface area contributed by atoms with Gasteiger partial charge in [0.05, 0.1) is 12.5 Å². The van der Waals surface area contributed by atoms with Crippen molar-refractivity contribution in [2.75, 3.05) is 7.05 Å². The van der Waals surface area contributed by atoms with Gasteiger partial charge in [-0.15, -0.1) is 0 Å². The number of hydrogen-bond acceptors (Lipinski definition) is 2. The minimum absolute atomic E-state index is 0.189. The molecule has 1 aromatic heterocycles. The van der Waals surface area contributed by atoms with Crippen molar-refractivity contribution in [1.82, 2.24) is 10.6 Å². The van der Waals surface area contributed by atoms with Gasteiger partial charge in [-0.25, -0.2) is 4.79 Å². The van der Waals surface area contributed by atoms with E-state index < -0.39 is 0 Å². The average molecular weight is 154 g/mol. The summed E-state index contributed by atoms with van der Waals surface area (Å²) in [6.45, 7) is 0.496. The van der Waals surface area contributed by atoms with Gasteiger partial charge in [0.1, 0.15) is 0 Å². The van der Waals surface area contributed by atoms with Crippen LogP contribution >= 0.6 is 0 Å². The average Bonchev–Trinajstić information content (AvgIpc) is 2.52. The van der Waals surface area contributed by atoms with E-state index in [1.807, 2.05) is 0 Å². The van der Waals surface area contributed by atoms with Crippen LogP contribution in [0.2, 0.25) is 0 Å². The fourth-order valence-electron chi connectivity index (χ4n) is 0.664. The maximum absolute atomic E-state index is 10.7. The molecule has 0 aliphatic carbocycles. The lowest BCUT2D eigenvalue weighted by Gasteiger charge is -2.00. The van der Waals surface area contributed by atoms with E-state index in [0.29, 0.717) is 6.54 Å². The summed E-state index contributed by atoms with van der Waals surface area (Å²) in [5.74, 6) is 0. The smallest absolute Gasteiger partial charge is 0.314 e. The third-order valence-corrected chi connectivity index (χ3v) is 1.26. The molecule has 0 spiro atoms. The van der Waals surface area contributed by atoms with E-state index in [0.717, 1.165) is 5.56 Å². The van der Waals surface area contributed by atoms with Crippen LogP contribution in [0.3, 0.4) is 0 Å². The Morgan fingerprint density at radius 1 is 1.73 bits per heavy atom. The summed E-state index contributed by atoms with van der Waals surface area (Å²) >= 11 is 0. The lowest BCUT2D eigenvalue weighted by molar-refractivity contribution is 0.242. The Kier molecular flexibility index (Phi) is 2.54. The lowest BCUT2D eigenvalue weighted by atomic mass is 10.3. The van der Waals surface area contributed by atoms with Gasteiger partial charge in [0, 0.05) is 19.2 Å². The molecule has 0 saturated heterocycles. The molecule has 60 valence electrons. The molecule has 1 rings (SSSR count). The van der Waals surface area contributed by atoms with Gasteiger partial charge in [-0.05, 0) is 6.07 Å². The molecule has 0 radical (unpaired) electrons. The molecule has 0 aromatic carbocycles. The second-order valence-corrected chi connectivity index (χ2v) is 2.06.